The largest absolute Gasteiger partial charge is 0.315 e. The lowest BCUT2D eigenvalue weighted by Crippen LogP contribution is -2.13. The molecule has 1 amide bonds. The summed E-state index contributed by atoms with van der Waals surface area (Å²) in [4.78, 5) is 26.9. The minimum atomic E-state index is -0.603. The van der Waals surface area contributed by atoms with Crippen LogP contribution in [0.1, 0.15) is 16.1 Å². The first-order valence-corrected chi connectivity index (χ1v) is 7.02. The molecule has 0 saturated heterocycles. The number of nitro benzene ring substituents is 1. The van der Waals surface area contributed by atoms with E-state index in [1.807, 2.05) is 19.1 Å². The molecule has 0 fully saturated rings. The summed E-state index contributed by atoms with van der Waals surface area (Å²) in [6, 6.07) is 7.77. The van der Waals surface area contributed by atoms with E-state index in [1.54, 1.807) is 16.8 Å². The third-order valence-corrected chi connectivity index (χ3v) is 3.49. The van der Waals surface area contributed by atoms with Crippen LogP contribution >= 0.6 is 11.6 Å². The zero-order chi connectivity index (χ0) is 16.6. The third kappa shape index (κ3) is 3.00. The maximum Gasteiger partial charge on any atom is 0.294 e. The van der Waals surface area contributed by atoms with Crippen molar-refractivity contribution in [1.82, 2.24) is 9.38 Å². The zero-order valence-corrected chi connectivity index (χ0v) is 12.7. The topological polar surface area (TPSA) is 89.5 Å². The van der Waals surface area contributed by atoms with Crippen LogP contribution in [-0.2, 0) is 0 Å². The minimum Gasteiger partial charge on any atom is -0.315 e. The molecule has 2 aromatic heterocycles. The van der Waals surface area contributed by atoms with Gasteiger partial charge in [-0.2, -0.15) is 0 Å². The first-order chi connectivity index (χ1) is 10.9. The fraction of sp³-hybridized carbons (Fsp3) is 0.0667. The van der Waals surface area contributed by atoms with Gasteiger partial charge in [-0.25, -0.2) is 4.98 Å². The van der Waals surface area contributed by atoms with E-state index in [0.717, 1.165) is 5.56 Å². The van der Waals surface area contributed by atoms with Gasteiger partial charge in [0.25, 0.3) is 11.6 Å². The lowest BCUT2D eigenvalue weighted by molar-refractivity contribution is -0.383. The number of nitro groups is 1. The van der Waals surface area contributed by atoms with Crippen molar-refractivity contribution in [2.24, 2.45) is 0 Å². The number of hydrogen-bond donors (Lipinski definition) is 1. The van der Waals surface area contributed by atoms with E-state index in [-0.39, 0.29) is 22.1 Å². The number of amides is 1. The summed E-state index contributed by atoms with van der Waals surface area (Å²) in [6.45, 7) is 1.92. The maximum absolute atomic E-state index is 12.3. The standard InChI is InChI=1S/C15H11ClN4O3/c1-9-4-5-19-8-12(17-14(19)6-9)15(21)18-11-3-2-10(16)7-13(11)20(22)23/h2-8H,1H3,(H,18,21). The minimum absolute atomic E-state index is 0.0673. The lowest BCUT2D eigenvalue weighted by atomic mass is 10.2. The number of nitrogens with zero attached hydrogens (tertiary/aromatic N) is 3. The zero-order valence-electron chi connectivity index (χ0n) is 12.0. The van der Waals surface area contributed by atoms with Crippen LogP contribution < -0.4 is 5.32 Å². The molecule has 3 rings (SSSR count). The van der Waals surface area contributed by atoms with Gasteiger partial charge in [0.15, 0.2) is 0 Å². The van der Waals surface area contributed by atoms with Gasteiger partial charge in [-0.3, -0.25) is 14.9 Å². The van der Waals surface area contributed by atoms with Crippen molar-refractivity contribution in [2.45, 2.75) is 6.92 Å². The number of rotatable bonds is 3. The normalized spacial score (nSPS) is 10.7. The van der Waals surface area contributed by atoms with Crippen molar-refractivity contribution in [2.75, 3.05) is 5.32 Å². The van der Waals surface area contributed by atoms with Crippen molar-refractivity contribution >= 4 is 34.5 Å². The van der Waals surface area contributed by atoms with Gasteiger partial charge in [0.1, 0.15) is 17.0 Å². The predicted octanol–water partition coefficient (Wildman–Crippen LogP) is 3.46. The van der Waals surface area contributed by atoms with Crippen molar-refractivity contribution in [3.05, 3.63) is 69.1 Å². The second-order valence-electron chi connectivity index (χ2n) is 4.97. The Hall–Kier alpha value is -2.93. The Labute approximate surface area is 135 Å². The smallest absolute Gasteiger partial charge is 0.294 e. The molecule has 0 aliphatic heterocycles. The fourth-order valence-electron chi connectivity index (χ4n) is 2.14. The van der Waals surface area contributed by atoms with Gasteiger partial charge in [-0.05, 0) is 36.8 Å². The number of anilines is 1. The molecule has 0 radical (unpaired) electrons. The number of imidazole rings is 1. The number of halogens is 1. The van der Waals surface area contributed by atoms with Crippen molar-refractivity contribution in [3.8, 4) is 0 Å². The molecule has 23 heavy (non-hydrogen) atoms. The highest BCUT2D eigenvalue weighted by Crippen LogP contribution is 2.28. The average Bonchev–Trinajstić information content (AvgIpc) is 2.92. The average molecular weight is 331 g/mol. The molecule has 0 aliphatic rings. The second kappa shape index (κ2) is 5.69. The SMILES string of the molecule is Cc1ccn2cc(C(=O)Nc3ccc(Cl)cc3[N+](=O)[O-])nc2c1. The summed E-state index contributed by atoms with van der Waals surface area (Å²) in [5, 5.41) is 13.8. The number of benzene rings is 1. The van der Waals surface area contributed by atoms with Gasteiger partial charge in [0.2, 0.25) is 0 Å². The quantitative estimate of drug-likeness (QED) is 0.588. The van der Waals surface area contributed by atoms with Crippen molar-refractivity contribution in [1.29, 1.82) is 0 Å². The Morgan fingerprint density at radius 2 is 2.13 bits per heavy atom. The number of aryl methyl sites for hydroxylation is 1. The number of fused-ring (bicyclic) bond motifs is 1. The van der Waals surface area contributed by atoms with Gasteiger partial charge in [-0.1, -0.05) is 11.6 Å². The van der Waals surface area contributed by atoms with E-state index in [9.17, 15) is 14.9 Å². The van der Waals surface area contributed by atoms with Gasteiger partial charge >= 0.3 is 0 Å². The summed E-state index contributed by atoms with van der Waals surface area (Å²) in [6.07, 6.45) is 3.35. The number of aromatic nitrogens is 2. The van der Waals surface area contributed by atoms with E-state index in [0.29, 0.717) is 5.65 Å². The van der Waals surface area contributed by atoms with E-state index in [2.05, 4.69) is 10.3 Å². The monoisotopic (exact) mass is 330 g/mol. The van der Waals surface area contributed by atoms with Crippen LogP contribution in [0.2, 0.25) is 5.02 Å². The van der Waals surface area contributed by atoms with Gasteiger partial charge < -0.3 is 9.72 Å². The third-order valence-electron chi connectivity index (χ3n) is 3.25. The second-order valence-corrected chi connectivity index (χ2v) is 5.40. The molecule has 0 spiro atoms. The van der Waals surface area contributed by atoms with Crippen LogP contribution in [0.5, 0.6) is 0 Å². The number of pyridine rings is 1. The van der Waals surface area contributed by atoms with E-state index < -0.39 is 10.8 Å². The molecule has 0 aliphatic carbocycles. The van der Waals surface area contributed by atoms with E-state index in [1.165, 1.54) is 18.2 Å². The Bertz CT molecular complexity index is 936. The van der Waals surface area contributed by atoms with E-state index in [4.69, 9.17) is 11.6 Å². The predicted molar refractivity (Wildman–Crippen MR) is 86.0 cm³/mol. The molecule has 0 atom stereocenters. The summed E-state index contributed by atoms with van der Waals surface area (Å²) in [5.41, 5.74) is 1.60. The Kier molecular flexibility index (Phi) is 3.71. The molecule has 1 N–H and O–H groups in total. The van der Waals surface area contributed by atoms with Crippen LogP contribution in [0.4, 0.5) is 11.4 Å². The van der Waals surface area contributed by atoms with Gasteiger partial charge in [0, 0.05) is 23.5 Å². The summed E-state index contributed by atoms with van der Waals surface area (Å²) in [7, 11) is 0. The Morgan fingerprint density at radius 1 is 1.35 bits per heavy atom. The molecule has 0 bridgehead atoms. The van der Waals surface area contributed by atoms with Crippen molar-refractivity contribution < 1.29 is 9.72 Å². The number of hydrogen-bond acceptors (Lipinski definition) is 4. The van der Waals surface area contributed by atoms with Crippen LogP contribution in [0.15, 0.2) is 42.7 Å². The fourth-order valence-corrected chi connectivity index (χ4v) is 2.31. The first kappa shape index (κ1) is 15.0. The molecule has 0 saturated carbocycles. The van der Waals surface area contributed by atoms with Crippen molar-refractivity contribution in [3.63, 3.8) is 0 Å². The summed E-state index contributed by atoms with van der Waals surface area (Å²) < 4.78 is 1.71. The molecule has 2 heterocycles. The molecule has 8 heteroatoms. The van der Waals surface area contributed by atoms with Crippen LogP contribution in [0, 0.1) is 17.0 Å². The Balaban J connectivity index is 1.93. The molecular weight excluding hydrogens is 320 g/mol. The molecule has 7 nitrogen and oxygen atoms in total. The number of carbonyl (C=O) groups excluding carboxylic acids is 1. The molecule has 0 unspecified atom stereocenters. The highest BCUT2D eigenvalue weighted by atomic mass is 35.5. The van der Waals surface area contributed by atoms with Gasteiger partial charge in [-0.15, -0.1) is 0 Å². The molecular formula is C15H11ClN4O3. The number of nitrogens with one attached hydrogen (secondary N) is 1. The summed E-state index contributed by atoms with van der Waals surface area (Å²) in [5.74, 6) is -0.531. The molecule has 1 aromatic carbocycles. The summed E-state index contributed by atoms with van der Waals surface area (Å²) >= 11 is 5.75. The lowest BCUT2D eigenvalue weighted by Gasteiger charge is -2.04. The van der Waals surface area contributed by atoms with Gasteiger partial charge in [0.05, 0.1) is 4.92 Å². The highest BCUT2D eigenvalue weighted by Gasteiger charge is 2.18. The molecule has 116 valence electrons. The highest BCUT2D eigenvalue weighted by molar-refractivity contribution is 6.31. The van der Waals surface area contributed by atoms with Crippen LogP contribution in [0.25, 0.3) is 5.65 Å². The molecule has 3 aromatic rings. The number of carbonyl (C=O) groups is 1. The van der Waals surface area contributed by atoms with Crippen LogP contribution in [-0.4, -0.2) is 20.2 Å². The van der Waals surface area contributed by atoms with Crippen LogP contribution in [0.3, 0.4) is 0 Å². The van der Waals surface area contributed by atoms with E-state index >= 15 is 0 Å². The maximum atomic E-state index is 12.3. The first-order valence-electron chi connectivity index (χ1n) is 6.65. The Morgan fingerprint density at radius 3 is 2.87 bits per heavy atom.